The summed E-state index contributed by atoms with van der Waals surface area (Å²) in [6.07, 6.45) is 1.44. The van der Waals surface area contributed by atoms with Crippen molar-refractivity contribution in [2.24, 2.45) is 0 Å². The predicted octanol–water partition coefficient (Wildman–Crippen LogP) is 0.898. The van der Waals surface area contributed by atoms with Crippen molar-refractivity contribution in [1.29, 1.82) is 0 Å². The van der Waals surface area contributed by atoms with Gasteiger partial charge in [0.2, 0.25) is 0 Å². The largest absolute Gasteiger partial charge is 0.390 e. The number of hydrogen-bond acceptors (Lipinski definition) is 3. The van der Waals surface area contributed by atoms with E-state index < -0.39 is 11.2 Å². The summed E-state index contributed by atoms with van der Waals surface area (Å²) in [6, 6.07) is 0. The van der Waals surface area contributed by atoms with Gasteiger partial charge in [0.15, 0.2) is 0 Å². The van der Waals surface area contributed by atoms with E-state index in [1.807, 2.05) is 13.8 Å². The van der Waals surface area contributed by atoms with Crippen molar-refractivity contribution in [2.45, 2.75) is 51.7 Å². The Balaban J connectivity index is 3.47. The Morgan fingerprint density at radius 2 is 1.69 bits per heavy atom. The van der Waals surface area contributed by atoms with Crippen LogP contribution < -0.4 is 5.32 Å². The van der Waals surface area contributed by atoms with Gasteiger partial charge in [0, 0.05) is 6.54 Å². The van der Waals surface area contributed by atoms with Gasteiger partial charge in [-0.05, 0) is 40.2 Å². The second-order valence-corrected chi connectivity index (χ2v) is 4.59. The number of hydrogen-bond donors (Lipinski definition) is 3. The minimum Gasteiger partial charge on any atom is -0.390 e. The van der Waals surface area contributed by atoms with Gasteiger partial charge in [-0.1, -0.05) is 6.92 Å². The lowest BCUT2D eigenvalue weighted by molar-refractivity contribution is 0.0473. The molecule has 1 unspecified atom stereocenters. The van der Waals surface area contributed by atoms with E-state index in [1.165, 1.54) is 0 Å². The average molecular weight is 189 g/mol. The molecular formula is C10H23NO2. The van der Waals surface area contributed by atoms with Crippen LogP contribution in [0.1, 0.15) is 40.5 Å². The van der Waals surface area contributed by atoms with Crippen LogP contribution in [-0.4, -0.2) is 34.5 Å². The Kier molecular flexibility index (Phi) is 4.89. The van der Waals surface area contributed by atoms with Gasteiger partial charge in [-0.15, -0.1) is 0 Å². The molecule has 3 N–H and O–H groups in total. The van der Waals surface area contributed by atoms with Gasteiger partial charge in [0.05, 0.1) is 11.2 Å². The SMILES string of the molecule is CCC(C)(O)CNCCC(C)(C)O. The fraction of sp³-hybridized carbons (Fsp3) is 1.00. The third-order valence-corrected chi connectivity index (χ3v) is 2.18. The van der Waals surface area contributed by atoms with Gasteiger partial charge in [-0.3, -0.25) is 0 Å². The van der Waals surface area contributed by atoms with E-state index in [-0.39, 0.29) is 0 Å². The molecule has 0 bridgehead atoms. The van der Waals surface area contributed by atoms with E-state index in [0.29, 0.717) is 13.0 Å². The average Bonchev–Trinajstić information content (AvgIpc) is 1.97. The van der Waals surface area contributed by atoms with Crippen LogP contribution in [0.2, 0.25) is 0 Å². The van der Waals surface area contributed by atoms with Crippen LogP contribution in [-0.2, 0) is 0 Å². The maximum atomic E-state index is 9.63. The molecule has 0 saturated heterocycles. The van der Waals surface area contributed by atoms with E-state index in [1.54, 1.807) is 13.8 Å². The van der Waals surface area contributed by atoms with Crippen molar-refractivity contribution in [2.75, 3.05) is 13.1 Å². The lowest BCUT2D eigenvalue weighted by atomic mass is 10.0. The molecule has 0 amide bonds. The highest BCUT2D eigenvalue weighted by Crippen LogP contribution is 2.08. The van der Waals surface area contributed by atoms with Gasteiger partial charge in [0.1, 0.15) is 0 Å². The zero-order chi connectivity index (χ0) is 10.5. The minimum atomic E-state index is -0.625. The Morgan fingerprint density at radius 3 is 2.08 bits per heavy atom. The smallest absolute Gasteiger partial charge is 0.0740 e. The van der Waals surface area contributed by atoms with Gasteiger partial charge < -0.3 is 15.5 Å². The van der Waals surface area contributed by atoms with E-state index in [4.69, 9.17) is 0 Å². The molecule has 3 heteroatoms. The van der Waals surface area contributed by atoms with Gasteiger partial charge >= 0.3 is 0 Å². The molecule has 0 aromatic carbocycles. The molecule has 0 saturated carbocycles. The van der Waals surface area contributed by atoms with Gasteiger partial charge in [0.25, 0.3) is 0 Å². The van der Waals surface area contributed by atoms with Crippen LogP contribution in [0.25, 0.3) is 0 Å². The topological polar surface area (TPSA) is 52.5 Å². The highest BCUT2D eigenvalue weighted by molar-refractivity contribution is 4.74. The first-order valence-electron chi connectivity index (χ1n) is 4.92. The van der Waals surface area contributed by atoms with Crippen LogP contribution in [0.4, 0.5) is 0 Å². The Bertz CT molecular complexity index is 138. The molecule has 0 heterocycles. The summed E-state index contributed by atoms with van der Waals surface area (Å²) >= 11 is 0. The molecule has 0 rings (SSSR count). The molecule has 13 heavy (non-hydrogen) atoms. The standard InChI is InChI=1S/C10H23NO2/c1-5-10(4,13)8-11-7-6-9(2,3)12/h11-13H,5-8H2,1-4H3. The third kappa shape index (κ3) is 8.22. The molecule has 0 aliphatic heterocycles. The van der Waals surface area contributed by atoms with E-state index in [2.05, 4.69) is 5.32 Å². The van der Waals surface area contributed by atoms with E-state index in [9.17, 15) is 10.2 Å². The summed E-state index contributed by atoms with van der Waals surface area (Å²) < 4.78 is 0. The molecule has 0 aliphatic carbocycles. The quantitative estimate of drug-likeness (QED) is 0.544. The maximum absolute atomic E-state index is 9.63. The Hall–Kier alpha value is -0.120. The van der Waals surface area contributed by atoms with Crippen LogP contribution >= 0.6 is 0 Å². The first-order chi connectivity index (χ1) is 5.77. The molecule has 0 radical (unpaired) electrons. The lowest BCUT2D eigenvalue weighted by Gasteiger charge is -2.23. The van der Waals surface area contributed by atoms with Crippen molar-refractivity contribution >= 4 is 0 Å². The predicted molar refractivity (Wildman–Crippen MR) is 54.7 cm³/mol. The van der Waals surface area contributed by atoms with Crippen molar-refractivity contribution in [3.63, 3.8) is 0 Å². The van der Waals surface area contributed by atoms with Crippen LogP contribution in [0.15, 0.2) is 0 Å². The zero-order valence-corrected chi connectivity index (χ0v) is 9.22. The monoisotopic (exact) mass is 189 g/mol. The third-order valence-electron chi connectivity index (χ3n) is 2.18. The van der Waals surface area contributed by atoms with Crippen molar-refractivity contribution in [3.8, 4) is 0 Å². The molecule has 0 fully saturated rings. The molecule has 0 aromatic heterocycles. The van der Waals surface area contributed by atoms with Crippen LogP contribution in [0, 0.1) is 0 Å². The van der Waals surface area contributed by atoms with E-state index >= 15 is 0 Å². The van der Waals surface area contributed by atoms with Crippen LogP contribution in [0.5, 0.6) is 0 Å². The number of rotatable bonds is 6. The molecule has 0 aromatic rings. The summed E-state index contributed by atoms with van der Waals surface area (Å²) in [4.78, 5) is 0. The minimum absolute atomic E-state index is 0.583. The molecule has 3 nitrogen and oxygen atoms in total. The second kappa shape index (κ2) is 4.94. The summed E-state index contributed by atoms with van der Waals surface area (Å²) in [7, 11) is 0. The van der Waals surface area contributed by atoms with E-state index in [0.717, 1.165) is 13.0 Å². The number of aliphatic hydroxyl groups is 2. The highest BCUT2D eigenvalue weighted by atomic mass is 16.3. The van der Waals surface area contributed by atoms with Crippen molar-refractivity contribution < 1.29 is 10.2 Å². The Morgan fingerprint density at radius 1 is 1.15 bits per heavy atom. The lowest BCUT2D eigenvalue weighted by Crippen LogP contribution is -2.39. The first kappa shape index (κ1) is 12.9. The summed E-state index contributed by atoms with van der Waals surface area (Å²) in [5.41, 5.74) is -1.25. The molecular weight excluding hydrogens is 166 g/mol. The first-order valence-corrected chi connectivity index (χ1v) is 4.92. The summed E-state index contributed by atoms with van der Waals surface area (Å²) in [5, 5.41) is 22.2. The zero-order valence-electron chi connectivity index (χ0n) is 9.22. The summed E-state index contributed by atoms with van der Waals surface area (Å²) in [5.74, 6) is 0. The normalized spacial score (nSPS) is 17.1. The maximum Gasteiger partial charge on any atom is 0.0740 e. The van der Waals surface area contributed by atoms with Gasteiger partial charge in [-0.25, -0.2) is 0 Å². The highest BCUT2D eigenvalue weighted by Gasteiger charge is 2.17. The summed E-state index contributed by atoms with van der Waals surface area (Å²) in [6.45, 7) is 8.65. The molecule has 1 atom stereocenters. The molecule has 0 spiro atoms. The van der Waals surface area contributed by atoms with Crippen molar-refractivity contribution in [3.05, 3.63) is 0 Å². The second-order valence-electron chi connectivity index (χ2n) is 4.59. The molecule has 0 aliphatic rings. The van der Waals surface area contributed by atoms with Gasteiger partial charge in [-0.2, -0.15) is 0 Å². The number of nitrogens with one attached hydrogen (secondary N) is 1. The molecule has 80 valence electrons. The fourth-order valence-electron chi connectivity index (χ4n) is 0.877. The van der Waals surface area contributed by atoms with Crippen molar-refractivity contribution in [1.82, 2.24) is 5.32 Å². The Labute approximate surface area is 81.2 Å². The van der Waals surface area contributed by atoms with Crippen LogP contribution in [0.3, 0.4) is 0 Å². The fourth-order valence-corrected chi connectivity index (χ4v) is 0.877.